The van der Waals surface area contributed by atoms with E-state index in [1.54, 1.807) is 4.68 Å². The number of nitrogens with zero attached hydrogens (tertiary/aromatic N) is 6. The monoisotopic (exact) mass is 324 g/mol. The van der Waals surface area contributed by atoms with E-state index in [0.29, 0.717) is 0 Å². The van der Waals surface area contributed by atoms with Crippen molar-refractivity contribution < 1.29 is 4.79 Å². The van der Waals surface area contributed by atoms with Crippen LogP contribution < -0.4 is 0 Å². The molecule has 1 fully saturated rings. The maximum Gasteiger partial charge on any atom is 0.245 e. The van der Waals surface area contributed by atoms with Crippen LogP contribution in [0, 0.1) is 6.92 Å². The number of amides is 1. The molecule has 0 radical (unpaired) electrons. The van der Waals surface area contributed by atoms with E-state index in [1.807, 2.05) is 53.9 Å². The van der Waals surface area contributed by atoms with E-state index < -0.39 is 0 Å². The largest absolute Gasteiger partial charge is 0.336 e. The fourth-order valence-electron chi connectivity index (χ4n) is 3.53. The Morgan fingerprint density at radius 1 is 1.33 bits per heavy atom. The number of imidazole rings is 1. The van der Waals surface area contributed by atoms with Crippen LogP contribution >= 0.6 is 0 Å². The highest BCUT2D eigenvalue weighted by Crippen LogP contribution is 2.31. The molecule has 124 valence electrons. The van der Waals surface area contributed by atoms with Gasteiger partial charge in [0.1, 0.15) is 17.9 Å². The van der Waals surface area contributed by atoms with Crippen molar-refractivity contribution >= 4 is 16.9 Å². The molecule has 1 aliphatic rings. The fourth-order valence-corrected chi connectivity index (χ4v) is 3.53. The Morgan fingerprint density at radius 3 is 2.96 bits per heavy atom. The van der Waals surface area contributed by atoms with Gasteiger partial charge < -0.3 is 9.47 Å². The van der Waals surface area contributed by atoms with Gasteiger partial charge in [0.15, 0.2) is 0 Å². The zero-order chi connectivity index (χ0) is 16.7. The molecule has 0 saturated carbocycles. The van der Waals surface area contributed by atoms with Crippen LogP contribution in [0.1, 0.15) is 30.4 Å². The first-order chi connectivity index (χ1) is 11.6. The molecule has 1 aromatic carbocycles. The van der Waals surface area contributed by atoms with Crippen molar-refractivity contribution in [1.29, 1.82) is 0 Å². The standard InChI is InChI=1S/C17H20N6O/c1-12-10-21(2)17(18-12)15-8-5-9-22(15)16(24)11-23-14-7-4-3-6-13(14)19-20-23/h3-4,6-7,10,15H,5,8-9,11H2,1-2H3/t15-/m0/s1. The van der Waals surface area contributed by atoms with Crippen molar-refractivity contribution in [3.8, 4) is 0 Å². The van der Waals surface area contributed by atoms with Gasteiger partial charge in [-0.2, -0.15) is 0 Å². The molecule has 3 aromatic rings. The van der Waals surface area contributed by atoms with Crippen LogP contribution in [0.15, 0.2) is 30.5 Å². The normalized spacial score (nSPS) is 17.8. The second-order valence-corrected chi connectivity index (χ2v) is 6.33. The number of hydrogen-bond acceptors (Lipinski definition) is 4. The molecule has 1 saturated heterocycles. The molecule has 0 N–H and O–H groups in total. The number of rotatable bonds is 3. The van der Waals surface area contributed by atoms with E-state index in [-0.39, 0.29) is 18.5 Å². The lowest BCUT2D eigenvalue weighted by Gasteiger charge is -2.24. The van der Waals surface area contributed by atoms with E-state index in [1.165, 1.54) is 0 Å². The van der Waals surface area contributed by atoms with Gasteiger partial charge >= 0.3 is 0 Å². The molecule has 0 spiro atoms. The van der Waals surface area contributed by atoms with E-state index in [2.05, 4.69) is 15.3 Å². The third-order valence-electron chi connectivity index (χ3n) is 4.61. The van der Waals surface area contributed by atoms with Gasteiger partial charge in [0.05, 0.1) is 17.3 Å². The molecule has 0 bridgehead atoms. The Hall–Kier alpha value is -2.70. The van der Waals surface area contributed by atoms with Crippen molar-refractivity contribution in [2.45, 2.75) is 32.4 Å². The molecule has 4 rings (SSSR count). The van der Waals surface area contributed by atoms with Crippen LogP contribution in [0.3, 0.4) is 0 Å². The Balaban J connectivity index is 1.58. The SMILES string of the molecule is Cc1cn(C)c([C@@H]2CCCN2C(=O)Cn2nnc3ccccc32)n1. The number of aromatic nitrogens is 5. The number of benzene rings is 1. The summed E-state index contributed by atoms with van der Waals surface area (Å²) in [5.74, 6) is 1.02. The lowest BCUT2D eigenvalue weighted by Crippen LogP contribution is -2.34. The number of aryl methyl sites for hydroxylation is 2. The summed E-state index contributed by atoms with van der Waals surface area (Å²) >= 11 is 0. The first-order valence-corrected chi connectivity index (χ1v) is 8.21. The van der Waals surface area contributed by atoms with Crippen molar-refractivity contribution in [3.63, 3.8) is 0 Å². The van der Waals surface area contributed by atoms with Crippen molar-refractivity contribution in [3.05, 3.63) is 42.0 Å². The van der Waals surface area contributed by atoms with Crippen LogP contribution in [-0.4, -0.2) is 41.9 Å². The smallest absolute Gasteiger partial charge is 0.245 e. The molecule has 0 aliphatic carbocycles. The number of carbonyl (C=O) groups excluding carboxylic acids is 1. The summed E-state index contributed by atoms with van der Waals surface area (Å²) in [6.45, 7) is 2.95. The zero-order valence-corrected chi connectivity index (χ0v) is 13.9. The molecule has 2 aromatic heterocycles. The molecular weight excluding hydrogens is 304 g/mol. The quantitative estimate of drug-likeness (QED) is 0.737. The predicted molar refractivity (Wildman–Crippen MR) is 89.2 cm³/mol. The first-order valence-electron chi connectivity index (χ1n) is 8.21. The van der Waals surface area contributed by atoms with Gasteiger partial charge in [0.2, 0.25) is 5.91 Å². The van der Waals surface area contributed by atoms with Gasteiger partial charge in [0.25, 0.3) is 0 Å². The minimum Gasteiger partial charge on any atom is -0.336 e. The molecule has 1 aliphatic heterocycles. The summed E-state index contributed by atoms with van der Waals surface area (Å²) in [4.78, 5) is 19.4. The molecule has 7 nitrogen and oxygen atoms in total. The Morgan fingerprint density at radius 2 is 2.17 bits per heavy atom. The van der Waals surface area contributed by atoms with Crippen LogP contribution in [0.2, 0.25) is 0 Å². The number of hydrogen-bond donors (Lipinski definition) is 0. The Labute approximate surface area is 139 Å². The lowest BCUT2D eigenvalue weighted by atomic mass is 10.2. The Bertz CT molecular complexity index is 896. The molecule has 1 atom stereocenters. The third-order valence-corrected chi connectivity index (χ3v) is 4.61. The van der Waals surface area contributed by atoms with Crippen LogP contribution in [0.4, 0.5) is 0 Å². The van der Waals surface area contributed by atoms with Crippen molar-refractivity contribution in [1.82, 2.24) is 29.4 Å². The summed E-state index contributed by atoms with van der Waals surface area (Å²) in [5, 5.41) is 8.24. The zero-order valence-electron chi connectivity index (χ0n) is 13.9. The van der Waals surface area contributed by atoms with Gasteiger partial charge in [0, 0.05) is 19.8 Å². The lowest BCUT2D eigenvalue weighted by molar-refractivity contribution is -0.133. The molecule has 7 heteroatoms. The topological polar surface area (TPSA) is 68.8 Å². The summed E-state index contributed by atoms with van der Waals surface area (Å²) in [6, 6.07) is 7.74. The van der Waals surface area contributed by atoms with E-state index in [0.717, 1.165) is 41.9 Å². The summed E-state index contributed by atoms with van der Waals surface area (Å²) in [7, 11) is 1.99. The second-order valence-electron chi connectivity index (χ2n) is 6.33. The highest BCUT2D eigenvalue weighted by Gasteiger charge is 2.33. The fraction of sp³-hybridized carbons (Fsp3) is 0.412. The predicted octanol–water partition coefficient (Wildman–Crippen LogP) is 1.84. The minimum absolute atomic E-state index is 0.0472. The van der Waals surface area contributed by atoms with Crippen LogP contribution in [0.5, 0.6) is 0 Å². The van der Waals surface area contributed by atoms with Gasteiger partial charge in [-0.05, 0) is 31.9 Å². The van der Waals surface area contributed by atoms with Gasteiger partial charge in [-0.15, -0.1) is 5.10 Å². The van der Waals surface area contributed by atoms with E-state index in [4.69, 9.17) is 0 Å². The number of para-hydroxylation sites is 1. The molecule has 24 heavy (non-hydrogen) atoms. The third kappa shape index (κ3) is 2.46. The van der Waals surface area contributed by atoms with Crippen LogP contribution in [0.25, 0.3) is 11.0 Å². The Kier molecular flexibility index (Phi) is 3.55. The number of carbonyl (C=O) groups is 1. The maximum absolute atomic E-state index is 12.9. The molecule has 3 heterocycles. The van der Waals surface area contributed by atoms with Gasteiger partial charge in [-0.1, -0.05) is 17.3 Å². The van der Waals surface area contributed by atoms with E-state index >= 15 is 0 Å². The molecule has 1 amide bonds. The number of fused-ring (bicyclic) bond motifs is 1. The summed E-state index contributed by atoms with van der Waals surface area (Å²) < 4.78 is 3.70. The average Bonchev–Trinajstić information content (AvgIpc) is 3.26. The first kappa shape index (κ1) is 14.9. The summed E-state index contributed by atoms with van der Waals surface area (Å²) in [6.07, 6.45) is 3.95. The molecule has 0 unspecified atom stereocenters. The van der Waals surface area contributed by atoms with Gasteiger partial charge in [-0.3, -0.25) is 4.79 Å². The van der Waals surface area contributed by atoms with E-state index in [9.17, 15) is 4.79 Å². The second kappa shape index (κ2) is 5.74. The number of likely N-dealkylation sites (tertiary alicyclic amines) is 1. The van der Waals surface area contributed by atoms with Crippen molar-refractivity contribution in [2.24, 2.45) is 7.05 Å². The van der Waals surface area contributed by atoms with Crippen LogP contribution in [-0.2, 0) is 18.4 Å². The minimum atomic E-state index is 0.0472. The maximum atomic E-state index is 12.9. The highest BCUT2D eigenvalue weighted by atomic mass is 16.2. The summed E-state index contributed by atoms with van der Waals surface area (Å²) in [5.41, 5.74) is 2.67. The molecular formula is C17H20N6O. The average molecular weight is 324 g/mol. The highest BCUT2D eigenvalue weighted by molar-refractivity contribution is 5.80. The van der Waals surface area contributed by atoms with Gasteiger partial charge in [-0.25, -0.2) is 9.67 Å². The van der Waals surface area contributed by atoms with Crippen molar-refractivity contribution in [2.75, 3.05) is 6.54 Å².